The number of Topliss-reactive ketones (excluding diaryl/α,β-unsaturated/α-hetero) is 1. The Hall–Kier alpha value is -3.00. The van der Waals surface area contributed by atoms with E-state index in [1.54, 1.807) is 36.1 Å². The molecule has 0 unspecified atom stereocenters. The normalized spacial score (nSPS) is 20.2. The third-order valence-electron chi connectivity index (χ3n) is 6.43. The van der Waals surface area contributed by atoms with Crippen molar-refractivity contribution in [3.63, 3.8) is 0 Å². The molecular formula is C24H24N2O5S. The molecule has 3 heterocycles. The molecule has 5 rings (SSSR count). The summed E-state index contributed by atoms with van der Waals surface area (Å²) in [5.74, 6) is 0.438. The van der Waals surface area contributed by atoms with Crippen LogP contribution in [0.1, 0.15) is 49.0 Å². The van der Waals surface area contributed by atoms with Crippen LogP contribution in [0.2, 0.25) is 0 Å². The molecule has 0 radical (unpaired) electrons. The number of nitrogens with zero attached hydrogens (tertiary/aromatic N) is 2. The van der Waals surface area contributed by atoms with Crippen molar-refractivity contribution in [2.45, 2.75) is 39.5 Å². The molecule has 1 saturated heterocycles. The first kappa shape index (κ1) is 20.9. The lowest BCUT2D eigenvalue weighted by Crippen LogP contribution is -2.47. The fourth-order valence-electron chi connectivity index (χ4n) is 4.94. The highest BCUT2D eigenvalue weighted by Crippen LogP contribution is 2.46. The van der Waals surface area contributed by atoms with Crippen LogP contribution < -0.4 is 4.90 Å². The lowest BCUT2D eigenvalue weighted by Gasteiger charge is -2.37. The van der Waals surface area contributed by atoms with E-state index >= 15 is 0 Å². The largest absolute Gasteiger partial charge is 0.441 e. The molecule has 1 amide bonds. The number of hydrogen-bond donors (Lipinski definition) is 0. The van der Waals surface area contributed by atoms with E-state index in [1.165, 1.54) is 0 Å². The Bertz CT molecular complexity index is 1410. The number of anilines is 2. The molecule has 0 saturated carbocycles. The van der Waals surface area contributed by atoms with Crippen molar-refractivity contribution in [2.75, 3.05) is 16.4 Å². The van der Waals surface area contributed by atoms with Crippen molar-refractivity contribution in [1.82, 2.24) is 4.98 Å². The highest BCUT2D eigenvalue weighted by Gasteiger charge is 2.47. The first-order valence-electron chi connectivity index (χ1n) is 10.5. The van der Waals surface area contributed by atoms with Crippen LogP contribution in [0.4, 0.5) is 11.4 Å². The topological polar surface area (TPSA) is 97.5 Å². The average Bonchev–Trinajstić information content (AvgIpc) is 3.13. The number of aryl methyl sites for hydroxylation is 1. The second-order valence-corrected chi connectivity index (χ2v) is 11.9. The zero-order valence-corrected chi connectivity index (χ0v) is 19.2. The van der Waals surface area contributed by atoms with Gasteiger partial charge in [-0.2, -0.15) is 0 Å². The number of hydrogen-bond acceptors (Lipinski definition) is 6. The molecular weight excluding hydrogens is 428 g/mol. The van der Waals surface area contributed by atoms with Crippen molar-refractivity contribution < 1.29 is 22.4 Å². The van der Waals surface area contributed by atoms with Gasteiger partial charge in [0.25, 0.3) is 0 Å². The van der Waals surface area contributed by atoms with Crippen molar-refractivity contribution in [2.24, 2.45) is 5.41 Å². The Morgan fingerprint density at radius 3 is 2.53 bits per heavy atom. The smallest absolute Gasteiger partial charge is 0.241 e. The second kappa shape index (κ2) is 6.51. The van der Waals surface area contributed by atoms with Gasteiger partial charge in [0, 0.05) is 30.4 Å². The van der Waals surface area contributed by atoms with Crippen LogP contribution in [0.3, 0.4) is 0 Å². The number of benzene rings is 2. The van der Waals surface area contributed by atoms with Gasteiger partial charge in [0.05, 0.1) is 28.3 Å². The predicted molar refractivity (Wildman–Crippen MR) is 121 cm³/mol. The molecule has 3 aromatic rings. The number of oxazole rings is 1. The minimum atomic E-state index is -3.02. The third-order valence-corrected chi connectivity index (χ3v) is 8.71. The Morgan fingerprint density at radius 1 is 1.12 bits per heavy atom. The SMILES string of the molecule is Cc1nc2ccc(N3C(=O)C(C)(C)c4cc(C(=O)CC5(C)CS(=O)(=O)C5)ccc43)cc2o1. The van der Waals surface area contributed by atoms with Crippen LogP contribution in [-0.4, -0.2) is 36.6 Å². The molecule has 0 bridgehead atoms. The summed E-state index contributed by atoms with van der Waals surface area (Å²) in [5, 5.41) is 0. The van der Waals surface area contributed by atoms with Crippen LogP contribution in [-0.2, 0) is 20.0 Å². The van der Waals surface area contributed by atoms with Crippen molar-refractivity contribution in [3.8, 4) is 0 Å². The van der Waals surface area contributed by atoms with E-state index in [9.17, 15) is 18.0 Å². The summed E-state index contributed by atoms with van der Waals surface area (Å²) in [6, 6.07) is 10.8. The third kappa shape index (κ3) is 3.16. The molecule has 0 aliphatic carbocycles. The summed E-state index contributed by atoms with van der Waals surface area (Å²) in [4.78, 5) is 32.3. The van der Waals surface area contributed by atoms with E-state index in [0.29, 0.717) is 22.7 Å². The average molecular weight is 453 g/mol. The zero-order chi connectivity index (χ0) is 23.1. The number of carbonyl (C=O) groups is 2. The van der Waals surface area contributed by atoms with Gasteiger partial charge >= 0.3 is 0 Å². The van der Waals surface area contributed by atoms with E-state index < -0.39 is 20.7 Å². The Kier molecular flexibility index (Phi) is 4.25. The molecule has 32 heavy (non-hydrogen) atoms. The van der Waals surface area contributed by atoms with Gasteiger partial charge in [-0.25, -0.2) is 13.4 Å². The highest BCUT2D eigenvalue weighted by molar-refractivity contribution is 7.92. The minimum Gasteiger partial charge on any atom is -0.441 e. The van der Waals surface area contributed by atoms with Gasteiger partial charge in [0.15, 0.2) is 27.1 Å². The van der Waals surface area contributed by atoms with E-state index in [4.69, 9.17) is 4.42 Å². The van der Waals surface area contributed by atoms with Gasteiger partial charge in [-0.1, -0.05) is 6.92 Å². The molecule has 1 fully saturated rings. The molecule has 0 N–H and O–H groups in total. The first-order valence-corrected chi connectivity index (χ1v) is 12.3. The molecule has 2 aliphatic rings. The summed E-state index contributed by atoms with van der Waals surface area (Å²) < 4.78 is 28.8. The maximum absolute atomic E-state index is 13.4. The second-order valence-electron chi connectivity index (χ2n) is 9.83. The lowest BCUT2D eigenvalue weighted by molar-refractivity contribution is -0.121. The molecule has 8 heteroatoms. The number of amides is 1. The Balaban J connectivity index is 1.51. The Morgan fingerprint density at radius 2 is 1.84 bits per heavy atom. The van der Waals surface area contributed by atoms with Crippen LogP contribution in [0.25, 0.3) is 11.1 Å². The van der Waals surface area contributed by atoms with Crippen molar-refractivity contribution in [1.29, 1.82) is 0 Å². The monoisotopic (exact) mass is 452 g/mol. The van der Waals surface area contributed by atoms with Gasteiger partial charge in [0.1, 0.15) is 5.52 Å². The van der Waals surface area contributed by atoms with Gasteiger partial charge < -0.3 is 4.42 Å². The number of fused-ring (bicyclic) bond motifs is 2. The van der Waals surface area contributed by atoms with E-state index in [-0.39, 0.29) is 29.6 Å². The van der Waals surface area contributed by atoms with Gasteiger partial charge in [-0.3, -0.25) is 14.5 Å². The van der Waals surface area contributed by atoms with Crippen LogP contribution in [0.15, 0.2) is 40.8 Å². The fraction of sp³-hybridized carbons (Fsp3) is 0.375. The highest BCUT2D eigenvalue weighted by atomic mass is 32.2. The number of ketones is 1. The lowest BCUT2D eigenvalue weighted by atomic mass is 9.83. The minimum absolute atomic E-state index is 0.0397. The quantitative estimate of drug-likeness (QED) is 0.553. The number of aromatic nitrogens is 1. The summed E-state index contributed by atoms with van der Waals surface area (Å²) in [5.41, 5.74) is 2.67. The standard InChI is InChI=1S/C24H24N2O5S/c1-14-25-18-7-6-16(10-21(18)31-14)26-19-8-5-15(9-17(19)23(2,3)22(26)28)20(27)11-24(4)12-32(29,30)13-24/h5-10H,11-13H2,1-4H3. The number of rotatable bonds is 4. The zero-order valence-electron chi connectivity index (χ0n) is 18.4. The molecule has 1 aromatic heterocycles. The summed E-state index contributed by atoms with van der Waals surface area (Å²) in [6.07, 6.45) is 0.171. The molecule has 2 aliphatic heterocycles. The maximum Gasteiger partial charge on any atom is 0.241 e. The summed E-state index contributed by atoms with van der Waals surface area (Å²) in [6.45, 7) is 7.30. The van der Waals surface area contributed by atoms with Gasteiger partial charge in [-0.05, 0) is 49.7 Å². The summed E-state index contributed by atoms with van der Waals surface area (Å²) >= 11 is 0. The van der Waals surface area contributed by atoms with E-state index in [0.717, 1.165) is 16.8 Å². The van der Waals surface area contributed by atoms with Crippen LogP contribution in [0, 0.1) is 12.3 Å². The first-order chi connectivity index (χ1) is 14.9. The van der Waals surface area contributed by atoms with Crippen LogP contribution >= 0.6 is 0 Å². The molecule has 166 valence electrons. The van der Waals surface area contributed by atoms with Gasteiger partial charge in [-0.15, -0.1) is 0 Å². The van der Waals surface area contributed by atoms with E-state index in [2.05, 4.69) is 4.98 Å². The van der Waals surface area contributed by atoms with Crippen molar-refractivity contribution in [3.05, 3.63) is 53.4 Å². The molecule has 7 nitrogen and oxygen atoms in total. The fourth-order valence-corrected chi connectivity index (χ4v) is 7.19. The summed E-state index contributed by atoms with van der Waals surface area (Å²) in [7, 11) is -3.02. The molecule has 0 atom stereocenters. The maximum atomic E-state index is 13.4. The van der Waals surface area contributed by atoms with E-state index in [1.807, 2.05) is 32.9 Å². The Labute approximate surface area is 186 Å². The van der Waals surface area contributed by atoms with Crippen molar-refractivity contribution >= 4 is 44.0 Å². The van der Waals surface area contributed by atoms with Gasteiger partial charge in [0.2, 0.25) is 5.91 Å². The number of carbonyl (C=O) groups excluding carboxylic acids is 2. The predicted octanol–water partition coefficient (Wildman–Crippen LogP) is 4.10. The molecule has 0 spiro atoms. The number of sulfone groups is 1. The molecule has 2 aromatic carbocycles. The van der Waals surface area contributed by atoms with Crippen LogP contribution in [0.5, 0.6) is 0 Å².